The number of amides is 1. The zero-order valence-corrected chi connectivity index (χ0v) is 14.7. The molecule has 0 aromatic heterocycles. The van der Waals surface area contributed by atoms with Crippen molar-refractivity contribution in [2.24, 2.45) is 10.1 Å². The van der Waals surface area contributed by atoms with Crippen molar-refractivity contribution in [2.45, 2.75) is 6.17 Å². The first-order valence-corrected chi connectivity index (χ1v) is 9.07. The molecule has 4 rings (SSSR count). The fraction of sp³-hybridized carbons (Fsp3) is 0.118. The van der Waals surface area contributed by atoms with E-state index in [0.29, 0.717) is 16.2 Å². The van der Waals surface area contributed by atoms with Crippen molar-refractivity contribution in [3.05, 3.63) is 63.6 Å². The van der Waals surface area contributed by atoms with Gasteiger partial charge in [-0.15, -0.1) is 5.10 Å². The highest BCUT2D eigenvalue weighted by Crippen LogP contribution is 2.34. The van der Waals surface area contributed by atoms with Crippen LogP contribution in [0.25, 0.3) is 5.70 Å². The number of aromatic hydroxyl groups is 1. The smallest absolute Gasteiger partial charge is 0.276 e. The molecule has 126 valence electrons. The molecule has 1 atom stereocenters. The van der Waals surface area contributed by atoms with E-state index in [9.17, 15) is 9.90 Å². The monoisotopic (exact) mass is 372 g/mol. The lowest BCUT2D eigenvalue weighted by molar-refractivity contribution is -0.116. The molecular weight excluding hydrogens is 360 g/mol. The quantitative estimate of drug-likeness (QED) is 0.796. The van der Waals surface area contributed by atoms with Crippen LogP contribution in [0.3, 0.4) is 0 Å². The summed E-state index contributed by atoms with van der Waals surface area (Å²) in [7, 11) is 0. The van der Waals surface area contributed by atoms with Gasteiger partial charge in [-0.25, -0.2) is 5.01 Å². The van der Waals surface area contributed by atoms with E-state index >= 15 is 0 Å². The van der Waals surface area contributed by atoms with Crippen LogP contribution in [-0.4, -0.2) is 27.4 Å². The van der Waals surface area contributed by atoms with Crippen molar-refractivity contribution in [3.63, 3.8) is 0 Å². The summed E-state index contributed by atoms with van der Waals surface area (Å²) in [5.74, 6) is -0.230. The normalized spacial score (nSPS) is 18.7. The lowest BCUT2D eigenvalue weighted by Crippen LogP contribution is -2.50. The minimum absolute atomic E-state index is 0.00415. The van der Waals surface area contributed by atoms with Crippen molar-refractivity contribution >= 4 is 40.1 Å². The molecule has 0 bridgehead atoms. The molecule has 0 aliphatic carbocycles. The van der Waals surface area contributed by atoms with Crippen LogP contribution in [0.15, 0.2) is 52.6 Å². The van der Waals surface area contributed by atoms with Gasteiger partial charge in [0, 0.05) is 10.8 Å². The molecule has 0 saturated heterocycles. The Morgan fingerprint density at radius 2 is 2.08 bits per heavy atom. The average Bonchev–Trinajstić information content (AvgIpc) is 2.63. The number of phenolic OH excluding ortho intramolecular Hbond substituents is 1. The van der Waals surface area contributed by atoms with Gasteiger partial charge in [0.1, 0.15) is 11.4 Å². The number of hydrogen-bond donors (Lipinski definition) is 2. The Bertz CT molecular complexity index is 1040. The third kappa shape index (κ3) is 2.65. The number of amidine groups is 1. The van der Waals surface area contributed by atoms with Crippen molar-refractivity contribution in [3.8, 4) is 5.75 Å². The maximum atomic E-state index is 12.7. The minimum atomic E-state index is -0.545. The highest BCUT2D eigenvalue weighted by molar-refractivity contribution is 8.13. The van der Waals surface area contributed by atoms with Crippen LogP contribution in [0.1, 0.15) is 11.7 Å². The lowest BCUT2D eigenvalue weighted by Gasteiger charge is -2.33. The molecule has 0 radical (unpaired) electrons. The number of nitrogens with zero attached hydrogens (tertiary/aromatic N) is 3. The van der Waals surface area contributed by atoms with Crippen molar-refractivity contribution in [1.82, 2.24) is 10.3 Å². The van der Waals surface area contributed by atoms with Crippen LogP contribution in [0.4, 0.5) is 0 Å². The zero-order chi connectivity index (χ0) is 17.6. The van der Waals surface area contributed by atoms with Crippen LogP contribution in [0.5, 0.6) is 5.75 Å². The summed E-state index contributed by atoms with van der Waals surface area (Å²) in [6.45, 7) is 0. The molecule has 25 heavy (non-hydrogen) atoms. The number of benzene rings is 2. The van der Waals surface area contributed by atoms with Gasteiger partial charge in [0.05, 0.1) is 10.4 Å². The number of carbonyl (C=O) groups excluding carboxylic acids is 1. The highest BCUT2D eigenvalue weighted by atomic mass is 35.5. The average molecular weight is 373 g/mol. The van der Waals surface area contributed by atoms with E-state index in [1.165, 1.54) is 17.8 Å². The third-order valence-electron chi connectivity index (χ3n) is 3.98. The van der Waals surface area contributed by atoms with Gasteiger partial charge in [-0.05, 0) is 24.5 Å². The van der Waals surface area contributed by atoms with Crippen LogP contribution in [0.2, 0.25) is 5.02 Å². The van der Waals surface area contributed by atoms with E-state index in [1.54, 1.807) is 17.1 Å². The maximum absolute atomic E-state index is 12.7. The molecular formula is C17H13ClN4O2S. The van der Waals surface area contributed by atoms with Crippen LogP contribution in [0, 0.1) is 0 Å². The second-order valence-electron chi connectivity index (χ2n) is 5.49. The molecule has 2 aliphatic rings. The molecule has 2 aromatic carbocycles. The fourth-order valence-corrected chi connectivity index (χ4v) is 3.37. The van der Waals surface area contributed by atoms with E-state index in [0.717, 1.165) is 10.8 Å². The van der Waals surface area contributed by atoms with Gasteiger partial charge in [-0.1, -0.05) is 47.6 Å². The molecule has 6 nitrogen and oxygen atoms in total. The summed E-state index contributed by atoms with van der Waals surface area (Å²) >= 11 is 7.40. The fourth-order valence-electron chi connectivity index (χ4n) is 2.82. The van der Waals surface area contributed by atoms with Crippen molar-refractivity contribution in [2.75, 3.05) is 6.26 Å². The van der Waals surface area contributed by atoms with Crippen molar-refractivity contribution in [1.29, 1.82) is 0 Å². The Balaban J connectivity index is 1.98. The standard InChI is InChI=1S/C17H13ClN4O2S/c1-25-17-20-16(24)14-10-4-2-3-5-12(10)19-15(22(14)21-17)9-6-7-13(23)11(18)8-9/h2-8,15,23H,1H3,(H,20,21,24). The summed E-state index contributed by atoms with van der Waals surface area (Å²) in [5.41, 5.74) is 1.17. The Hall–Kier alpha value is -2.51. The lowest BCUT2D eigenvalue weighted by atomic mass is 10.1. The summed E-state index contributed by atoms with van der Waals surface area (Å²) in [5, 5.41) is 20.8. The van der Waals surface area contributed by atoms with Gasteiger partial charge in [0.25, 0.3) is 5.91 Å². The minimum Gasteiger partial charge on any atom is -0.506 e. The molecule has 8 heteroatoms. The second kappa shape index (κ2) is 6.09. The summed E-state index contributed by atoms with van der Waals surface area (Å²) in [4.78, 5) is 17.4. The largest absolute Gasteiger partial charge is 0.506 e. The Morgan fingerprint density at radius 3 is 2.84 bits per heavy atom. The van der Waals surface area contributed by atoms with E-state index in [-0.39, 0.29) is 16.7 Å². The number of phenols is 1. The number of para-hydroxylation sites is 1. The Labute approximate surface area is 152 Å². The van der Waals surface area contributed by atoms with Gasteiger partial charge in [0.2, 0.25) is 0 Å². The number of hydrogen-bond acceptors (Lipinski definition) is 6. The first-order chi connectivity index (χ1) is 12.1. The maximum Gasteiger partial charge on any atom is 0.276 e. The zero-order valence-electron chi connectivity index (χ0n) is 13.1. The summed E-state index contributed by atoms with van der Waals surface area (Å²) in [6, 6.07) is 12.3. The number of halogens is 1. The van der Waals surface area contributed by atoms with E-state index in [1.807, 2.05) is 30.5 Å². The van der Waals surface area contributed by atoms with Gasteiger partial charge in [-0.3, -0.25) is 15.1 Å². The summed E-state index contributed by atoms with van der Waals surface area (Å²) < 4.78 is 0. The summed E-state index contributed by atoms with van der Waals surface area (Å²) in [6.07, 6.45) is 1.29. The van der Waals surface area contributed by atoms with Gasteiger partial charge >= 0.3 is 0 Å². The van der Waals surface area contributed by atoms with Gasteiger partial charge in [0.15, 0.2) is 11.3 Å². The molecule has 1 unspecified atom stereocenters. The van der Waals surface area contributed by atoms with Gasteiger partial charge < -0.3 is 5.11 Å². The predicted molar refractivity (Wildman–Crippen MR) is 97.4 cm³/mol. The van der Waals surface area contributed by atoms with Crippen molar-refractivity contribution < 1.29 is 9.90 Å². The third-order valence-corrected chi connectivity index (χ3v) is 4.85. The van der Waals surface area contributed by atoms with Crippen LogP contribution >= 0.6 is 23.4 Å². The number of fused-ring (bicyclic) bond motifs is 2. The number of rotatable bonds is 1. The number of carbonyl (C=O) groups is 1. The Kier molecular flexibility index (Phi) is 3.89. The highest BCUT2D eigenvalue weighted by Gasteiger charge is 2.34. The molecule has 0 spiro atoms. The SMILES string of the molecule is CSC1=NN2C(=c3ccccc3=NC2c2ccc(O)c(Cl)c2)C(=O)N1. The molecule has 0 saturated carbocycles. The first kappa shape index (κ1) is 16.0. The first-order valence-electron chi connectivity index (χ1n) is 7.47. The topological polar surface area (TPSA) is 77.3 Å². The van der Waals surface area contributed by atoms with Crippen LogP contribution in [-0.2, 0) is 4.79 Å². The van der Waals surface area contributed by atoms with E-state index in [2.05, 4.69) is 10.4 Å². The van der Waals surface area contributed by atoms with Gasteiger partial charge in [-0.2, -0.15) is 0 Å². The number of hydrazone groups is 1. The number of thioether (sulfide) groups is 1. The molecule has 0 fully saturated rings. The van der Waals surface area contributed by atoms with Crippen LogP contribution < -0.4 is 15.9 Å². The number of nitrogens with one attached hydrogen (secondary N) is 1. The molecule has 2 aliphatic heterocycles. The molecule has 1 amide bonds. The van der Waals surface area contributed by atoms with E-state index < -0.39 is 6.17 Å². The second-order valence-corrected chi connectivity index (χ2v) is 6.69. The molecule has 2 heterocycles. The molecule has 2 N–H and O–H groups in total. The molecule has 2 aromatic rings. The Morgan fingerprint density at radius 1 is 1.28 bits per heavy atom. The van der Waals surface area contributed by atoms with E-state index in [4.69, 9.17) is 16.6 Å². The predicted octanol–water partition coefficient (Wildman–Crippen LogP) is 1.55.